The van der Waals surface area contributed by atoms with E-state index in [0.717, 1.165) is 12.8 Å². The fourth-order valence-corrected chi connectivity index (χ4v) is 2.52. The molecule has 0 saturated heterocycles. The summed E-state index contributed by atoms with van der Waals surface area (Å²) in [6.45, 7) is 3.32. The molecule has 8 nitrogen and oxygen atoms in total. The van der Waals surface area contributed by atoms with Gasteiger partial charge in [-0.3, -0.25) is 25.2 Å². The Balaban J connectivity index is 1.70. The van der Waals surface area contributed by atoms with Crippen LogP contribution in [0.25, 0.3) is 5.69 Å². The second kappa shape index (κ2) is 6.95. The van der Waals surface area contributed by atoms with Crippen molar-refractivity contribution in [2.45, 2.75) is 32.7 Å². The lowest BCUT2D eigenvalue weighted by molar-refractivity contribution is -0.139. The minimum absolute atomic E-state index is 0.0439. The number of nitrogens with zero attached hydrogens (tertiary/aromatic N) is 2. The smallest absolute Gasteiger partial charge is 0.327 e. The van der Waals surface area contributed by atoms with Gasteiger partial charge < -0.3 is 5.32 Å². The van der Waals surface area contributed by atoms with E-state index >= 15 is 0 Å². The molecule has 0 radical (unpaired) electrons. The van der Waals surface area contributed by atoms with Gasteiger partial charge in [0.1, 0.15) is 5.82 Å². The molecule has 26 heavy (non-hydrogen) atoms. The lowest BCUT2D eigenvalue weighted by Gasteiger charge is -2.08. The summed E-state index contributed by atoms with van der Waals surface area (Å²) in [5.41, 5.74) is 6.11. The van der Waals surface area contributed by atoms with Crippen LogP contribution in [0.4, 0.5) is 4.39 Å². The van der Waals surface area contributed by atoms with Gasteiger partial charge in [-0.05, 0) is 51.0 Å². The van der Waals surface area contributed by atoms with Gasteiger partial charge in [0.2, 0.25) is 0 Å². The van der Waals surface area contributed by atoms with E-state index < -0.39 is 17.7 Å². The molecule has 0 atom stereocenters. The van der Waals surface area contributed by atoms with E-state index in [4.69, 9.17) is 0 Å². The first-order valence-corrected chi connectivity index (χ1v) is 8.10. The summed E-state index contributed by atoms with van der Waals surface area (Å²) in [5.74, 6) is -2.70. The van der Waals surface area contributed by atoms with E-state index in [0.29, 0.717) is 17.1 Å². The van der Waals surface area contributed by atoms with Crippen LogP contribution in [0, 0.1) is 19.7 Å². The zero-order chi connectivity index (χ0) is 18.8. The fraction of sp³-hybridized carbons (Fsp3) is 0.294. The summed E-state index contributed by atoms with van der Waals surface area (Å²) in [7, 11) is 0. The van der Waals surface area contributed by atoms with Crippen molar-refractivity contribution in [2.75, 3.05) is 0 Å². The monoisotopic (exact) mass is 359 g/mol. The van der Waals surface area contributed by atoms with Crippen molar-refractivity contribution in [3.05, 3.63) is 47.0 Å². The Morgan fingerprint density at radius 3 is 2.35 bits per heavy atom. The Morgan fingerprint density at radius 2 is 1.73 bits per heavy atom. The van der Waals surface area contributed by atoms with Crippen LogP contribution in [0.1, 0.15) is 34.6 Å². The quantitative estimate of drug-likeness (QED) is 0.553. The number of aryl methyl sites for hydroxylation is 1. The normalized spacial score (nSPS) is 13.2. The van der Waals surface area contributed by atoms with E-state index in [1.54, 1.807) is 26.0 Å². The van der Waals surface area contributed by atoms with Crippen molar-refractivity contribution in [1.82, 2.24) is 25.9 Å². The Labute approximate surface area is 148 Å². The molecule has 1 aromatic carbocycles. The minimum atomic E-state index is -0.938. The molecule has 3 rings (SSSR count). The number of carbonyl (C=O) groups is 3. The molecule has 3 N–H and O–H groups in total. The maximum absolute atomic E-state index is 13.1. The van der Waals surface area contributed by atoms with Gasteiger partial charge in [-0.1, -0.05) is 0 Å². The third-order valence-corrected chi connectivity index (χ3v) is 4.00. The van der Waals surface area contributed by atoms with Crippen LogP contribution in [0.2, 0.25) is 0 Å². The average Bonchev–Trinajstić information content (AvgIpc) is 3.37. The molecule has 1 heterocycles. The van der Waals surface area contributed by atoms with Gasteiger partial charge in [-0.2, -0.15) is 5.10 Å². The average molecular weight is 359 g/mol. The lowest BCUT2D eigenvalue weighted by atomic mass is 10.2. The molecular formula is C17H18FN5O3. The minimum Gasteiger partial charge on any atom is -0.345 e. The van der Waals surface area contributed by atoms with Crippen LogP contribution in [0.15, 0.2) is 24.3 Å². The number of hydrogen-bond acceptors (Lipinski definition) is 4. The van der Waals surface area contributed by atoms with Gasteiger partial charge >= 0.3 is 11.8 Å². The maximum atomic E-state index is 13.1. The Kier molecular flexibility index (Phi) is 4.70. The molecule has 1 aliphatic carbocycles. The number of carbonyl (C=O) groups excluding carboxylic acids is 3. The van der Waals surface area contributed by atoms with Crippen molar-refractivity contribution in [2.24, 2.45) is 0 Å². The summed E-state index contributed by atoms with van der Waals surface area (Å²) in [4.78, 5) is 35.6. The molecule has 1 fully saturated rings. The van der Waals surface area contributed by atoms with Crippen molar-refractivity contribution in [3.63, 3.8) is 0 Å². The number of aromatic nitrogens is 2. The molecule has 0 aliphatic heterocycles. The first kappa shape index (κ1) is 17.6. The number of amides is 3. The van der Waals surface area contributed by atoms with Crippen molar-refractivity contribution >= 4 is 17.7 Å². The van der Waals surface area contributed by atoms with Crippen LogP contribution >= 0.6 is 0 Å². The van der Waals surface area contributed by atoms with Crippen molar-refractivity contribution in [1.29, 1.82) is 0 Å². The number of hydrazine groups is 1. The summed E-state index contributed by atoms with van der Waals surface area (Å²) >= 11 is 0. The standard InChI is InChI=1S/C17H18FN5O3/c1-9-14(10(2)23(22-9)13-7-3-11(18)4-8-13)15(24)20-21-17(26)16(25)19-12-5-6-12/h3-4,7-8,12H,5-6H2,1-2H3,(H,19,25)(H,20,24)(H,21,26). The Hall–Kier alpha value is -3.23. The highest BCUT2D eigenvalue weighted by Crippen LogP contribution is 2.19. The largest absolute Gasteiger partial charge is 0.345 e. The van der Waals surface area contributed by atoms with Gasteiger partial charge in [-0.25, -0.2) is 9.07 Å². The zero-order valence-electron chi connectivity index (χ0n) is 14.3. The third kappa shape index (κ3) is 3.71. The van der Waals surface area contributed by atoms with Gasteiger partial charge in [0.15, 0.2) is 0 Å². The highest BCUT2D eigenvalue weighted by atomic mass is 19.1. The van der Waals surface area contributed by atoms with Crippen LogP contribution in [-0.2, 0) is 9.59 Å². The topological polar surface area (TPSA) is 105 Å². The number of halogens is 1. The second-order valence-corrected chi connectivity index (χ2v) is 6.09. The number of benzene rings is 1. The van der Waals surface area contributed by atoms with Gasteiger partial charge in [0.05, 0.1) is 22.6 Å². The lowest BCUT2D eigenvalue weighted by Crippen LogP contribution is -2.49. The Morgan fingerprint density at radius 1 is 1.08 bits per heavy atom. The molecule has 0 bridgehead atoms. The van der Waals surface area contributed by atoms with Crippen molar-refractivity contribution < 1.29 is 18.8 Å². The highest BCUT2D eigenvalue weighted by Gasteiger charge is 2.27. The van der Waals surface area contributed by atoms with Gasteiger partial charge in [0.25, 0.3) is 5.91 Å². The number of rotatable bonds is 3. The molecule has 0 unspecified atom stereocenters. The summed E-state index contributed by atoms with van der Waals surface area (Å²) in [6, 6.07) is 5.72. The van der Waals surface area contributed by atoms with E-state index in [2.05, 4.69) is 21.3 Å². The summed E-state index contributed by atoms with van der Waals surface area (Å²) in [5, 5.41) is 6.80. The van der Waals surface area contributed by atoms with Gasteiger partial charge in [0, 0.05) is 6.04 Å². The molecule has 1 saturated carbocycles. The summed E-state index contributed by atoms with van der Waals surface area (Å²) in [6.07, 6.45) is 1.71. The molecule has 3 amide bonds. The molecule has 136 valence electrons. The predicted molar refractivity (Wildman–Crippen MR) is 89.8 cm³/mol. The van der Waals surface area contributed by atoms with Crippen LogP contribution in [0.3, 0.4) is 0 Å². The fourth-order valence-electron chi connectivity index (χ4n) is 2.52. The van der Waals surface area contributed by atoms with E-state index in [-0.39, 0.29) is 17.4 Å². The predicted octanol–water partition coefficient (Wildman–Crippen LogP) is 0.668. The highest BCUT2D eigenvalue weighted by molar-refractivity contribution is 6.35. The van der Waals surface area contributed by atoms with Gasteiger partial charge in [-0.15, -0.1) is 0 Å². The molecular weight excluding hydrogens is 341 g/mol. The molecule has 2 aromatic rings. The molecule has 1 aromatic heterocycles. The Bertz CT molecular complexity index is 871. The zero-order valence-corrected chi connectivity index (χ0v) is 14.3. The van der Waals surface area contributed by atoms with Crippen molar-refractivity contribution in [3.8, 4) is 5.69 Å². The van der Waals surface area contributed by atoms with Crippen LogP contribution in [0.5, 0.6) is 0 Å². The molecule has 0 spiro atoms. The van der Waals surface area contributed by atoms with Crippen LogP contribution in [-0.4, -0.2) is 33.5 Å². The first-order valence-electron chi connectivity index (χ1n) is 8.10. The van der Waals surface area contributed by atoms with E-state index in [1.807, 2.05) is 0 Å². The van der Waals surface area contributed by atoms with Crippen LogP contribution < -0.4 is 16.2 Å². The number of hydrogen-bond donors (Lipinski definition) is 3. The molecule has 1 aliphatic rings. The maximum Gasteiger partial charge on any atom is 0.327 e. The second-order valence-electron chi connectivity index (χ2n) is 6.09. The van der Waals surface area contributed by atoms with E-state index in [1.165, 1.54) is 16.8 Å². The summed E-state index contributed by atoms with van der Waals surface area (Å²) < 4.78 is 14.6. The first-order chi connectivity index (χ1) is 12.4. The SMILES string of the molecule is Cc1nn(-c2ccc(F)cc2)c(C)c1C(=O)NNC(=O)C(=O)NC1CC1. The third-order valence-electron chi connectivity index (χ3n) is 4.00. The molecule has 9 heteroatoms. The number of nitrogens with one attached hydrogen (secondary N) is 3. The van der Waals surface area contributed by atoms with E-state index in [9.17, 15) is 18.8 Å².